The lowest BCUT2D eigenvalue weighted by atomic mass is 9.83. The maximum absolute atomic E-state index is 11.7. The van der Waals surface area contributed by atoms with E-state index >= 15 is 0 Å². The Balaban J connectivity index is 4.23. The fourth-order valence-corrected chi connectivity index (χ4v) is 1.34. The summed E-state index contributed by atoms with van der Waals surface area (Å²) in [5.41, 5.74) is -0.904. The predicted molar refractivity (Wildman–Crippen MR) is 57.9 cm³/mol. The van der Waals surface area contributed by atoms with Gasteiger partial charge in [0.15, 0.2) is 0 Å². The Kier molecular flexibility index (Phi) is 5.95. The summed E-state index contributed by atoms with van der Waals surface area (Å²) in [4.78, 5) is 11.7. The van der Waals surface area contributed by atoms with Crippen molar-refractivity contribution in [3.05, 3.63) is 0 Å². The highest BCUT2D eigenvalue weighted by Crippen LogP contribution is 2.25. The molecule has 15 heavy (non-hydrogen) atoms. The molecule has 2 N–H and O–H groups in total. The summed E-state index contributed by atoms with van der Waals surface area (Å²) < 4.78 is 0. The smallest absolute Gasteiger partial charge is 0.240 e. The Morgan fingerprint density at radius 2 is 2.07 bits per heavy atom. The average Bonchev–Trinajstić information content (AvgIpc) is 2.21. The van der Waals surface area contributed by atoms with E-state index in [4.69, 9.17) is 10.4 Å². The molecule has 0 aromatic rings. The third kappa shape index (κ3) is 3.88. The number of nitriles is 1. The topological polar surface area (TPSA) is 73.1 Å². The van der Waals surface area contributed by atoms with Gasteiger partial charge in [0.25, 0.3) is 0 Å². The zero-order valence-electron chi connectivity index (χ0n) is 9.71. The van der Waals surface area contributed by atoms with Crippen LogP contribution in [0.2, 0.25) is 0 Å². The fourth-order valence-electron chi connectivity index (χ4n) is 1.34. The standard InChI is InChI=1S/C11H20N2O2/c1-4-11(5-2,8-12)10(15)13-7-6-9(3)14/h9,14H,4-7H2,1-3H3,(H,13,15). The molecule has 1 unspecified atom stereocenters. The van der Waals surface area contributed by atoms with Crippen molar-refractivity contribution in [1.82, 2.24) is 5.32 Å². The van der Waals surface area contributed by atoms with Gasteiger partial charge in [-0.3, -0.25) is 4.79 Å². The molecule has 0 aromatic carbocycles. The number of amides is 1. The molecule has 1 atom stereocenters. The predicted octanol–water partition coefficient (Wildman–Crippen LogP) is 1.20. The molecule has 0 aliphatic carbocycles. The van der Waals surface area contributed by atoms with Gasteiger partial charge in [0.05, 0.1) is 12.2 Å². The molecular formula is C11H20N2O2. The number of aliphatic hydroxyl groups excluding tert-OH is 1. The van der Waals surface area contributed by atoms with Crippen LogP contribution in [0.5, 0.6) is 0 Å². The quantitative estimate of drug-likeness (QED) is 0.695. The molecular weight excluding hydrogens is 192 g/mol. The van der Waals surface area contributed by atoms with Gasteiger partial charge in [-0.2, -0.15) is 5.26 Å². The Labute approximate surface area is 91.3 Å². The van der Waals surface area contributed by atoms with E-state index in [2.05, 4.69) is 11.4 Å². The van der Waals surface area contributed by atoms with E-state index < -0.39 is 11.5 Å². The first-order valence-electron chi connectivity index (χ1n) is 5.40. The number of hydrogen-bond acceptors (Lipinski definition) is 3. The van der Waals surface area contributed by atoms with Gasteiger partial charge in [-0.05, 0) is 26.2 Å². The highest BCUT2D eigenvalue weighted by molar-refractivity contribution is 5.85. The summed E-state index contributed by atoms with van der Waals surface area (Å²) in [7, 11) is 0. The maximum Gasteiger partial charge on any atom is 0.240 e. The van der Waals surface area contributed by atoms with Crippen LogP contribution in [0.4, 0.5) is 0 Å². The highest BCUT2D eigenvalue weighted by atomic mass is 16.3. The van der Waals surface area contributed by atoms with E-state index in [1.54, 1.807) is 6.92 Å². The van der Waals surface area contributed by atoms with Crippen molar-refractivity contribution in [2.24, 2.45) is 5.41 Å². The van der Waals surface area contributed by atoms with Crippen molar-refractivity contribution in [2.75, 3.05) is 6.54 Å². The number of hydrogen-bond donors (Lipinski definition) is 2. The summed E-state index contributed by atoms with van der Waals surface area (Å²) >= 11 is 0. The molecule has 0 radical (unpaired) electrons. The summed E-state index contributed by atoms with van der Waals surface area (Å²) in [6.45, 7) is 5.76. The molecule has 86 valence electrons. The summed E-state index contributed by atoms with van der Waals surface area (Å²) in [5, 5.41) is 20.7. The van der Waals surface area contributed by atoms with Gasteiger partial charge in [0.1, 0.15) is 5.41 Å². The molecule has 0 bridgehead atoms. The van der Waals surface area contributed by atoms with Crippen molar-refractivity contribution in [3.8, 4) is 6.07 Å². The number of aliphatic hydroxyl groups is 1. The number of nitrogens with one attached hydrogen (secondary N) is 1. The summed E-state index contributed by atoms with van der Waals surface area (Å²) in [5.74, 6) is -0.226. The zero-order chi connectivity index (χ0) is 11.9. The number of nitrogens with zero attached hydrogens (tertiary/aromatic N) is 1. The van der Waals surface area contributed by atoms with E-state index in [1.165, 1.54) is 0 Å². The molecule has 0 saturated carbocycles. The molecule has 4 heteroatoms. The van der Waals surface area contributed by atoms with Crippen LogP contribution in [0.1, 0.15) is 40.0 Å². The molecule has 0 aromatic heterocycles. The van der Waals surface area contributed by atoms with Gasteiger partial charge in [0, 0.05) is 6.54 Å². The first-order chi connectivity index (χ1) is 7.02. The fraction of sp³-hybridized carbons (Fsp3) is 0.818. The van der Waals surface area contributed by atoms with Gasteiger partial charge >= 0.3 is 0 Å². The minimum atomic E-state index is -0.904. The normalized spacial score (nSPS) is 13.0. The zero-order valence-corrected chi connectivity index (χ0v) is 9.71. The van der Waals surface area contributed by atoms with E-state index in [1.807, 2.05) is 13.8 Å². The highest BCUT2D eigenvalue weighted by Gasteiger charge is 2.34. The summed E-state index contributed by atoms with van der Waals surface area (Å²) in [6.07, 6.45) is 1.12. The van der Waals surface area contributed by atoms with E-state index in [0.717, 1.165) is 0 Å². The lowest BCUT2D eigenvalue weighted by Crippen LogP contribution is -2.40. The monoisotopic (exact) mass is 212 g/mol. The van der Waals surface area contributed by atoms with Crippen LogP contribution in [0.25, 0.3) is 0 Å². The van der Waals surface area contributed by atoms with Gasteiger partial charge in [0.2, 0.25) is 5.91 Å². The molecule has 1 amide bonds. The lowest BCUT2D eigenvalue weighted by molar-refractivity contribution is -0.128. The Morgan fingerprint density at radius 1 is 1.53 bits per heavy atom. The number of carbonyl (C=O) groups is 1. The molecule has 4 nitrogen and oxygen atoms in total. The van der Waals surface area contributed by atoms with Crippen molar-refractivity contribution in [1.29, 1.82) is 5.26 Å². The Hall–Kier alpha value is -1.08. The second-order valence-electron chi connectivity index (χ2n) is 3.79. The summed E-state index contributed by atoms with van der Waals surface area (Å²) in [6, 6.07) is 2.08. The van der Waals surface area contributed by atoms with Gasteiger partial charge in [-0.25, -0.2) is 0 Å². The Morgan fingerprint density at radius 3 is 2.40 bits per heavy atom. The van der Waals surface area contributed by atoms with Crippen LogP contribution < -0.4 is 5.32 Å². The second-order valence-corrected chi connectivity index (χ2v) is 3.79. The van der Waals surface area contributed by atoms with Crippen molar-refractivity contribution < 1.29 is 9.90 Å². The SMILES string of the molecule is CCC(C#N)(CC)C(=O)NCCC(C)O. The minimum Gasteiger partial charge on any atom is -0.393 e. The first kappa shape index (κ1) is 13.9. The average molecular weight is 212 g/mol. The molecule has 0 fully saturated rings. The largest absolute Gasteiger partial charge is 0.393 e. The molecule has 0 heterocycles. The van der Waals surface area contributed by atoms with Crippen LogP contribution in [0.15, 0.2) is 0 Å². The van der Waals surface area contributed by atoms with Crippen LogP contribution in [0.3, 0.4) is 0 Å². The van der Waals surface area contributed by atoms with Crippen LogP contribution >= 0.6 is 0 Å². The number of rotatable bonds is 6. The first-order valence-corrected chi connectivity index (χ1v) is 5.40. The van der Waals surface area contributed by atoms with Crippen molar-refractivity contribution >= 4 is 5.91 Å². The van der Waals surface area contributed by atoms with Crippen LogP contribution in [-0.2, 0) is 4.79 Å². The van der Waals surface area contributed by atoms with E-state index in [0.29, 0.717) is 25.8 Å². The molecule has 0 aliphatic rings. The van der Waals surface area contributed by atoms with Crippen molar-refractivity contribution in [2.45, 2.75) is 46.1 Å². The van der Waals surface area contributed by atoms with E-state index in [9.17, 15) is 4.79 Å². The molecule has 0 saturated heterocycles. The van der Waals surface area contributed by atoms with Crippen LogP contribution in [-0.4, -0.2) is 23.7 Å². The van der Waals surface area contributed by atoms with Gasteiger partial charge in [-0.1, -0.05) is 13.8 Å². The molecule has 0 rings (SSSR count). The molecule has 0 spiro atoms. The third-order valence-corrected chi connectivity index (χ3v) is 2.70. The van der Waals surface area contributed by atoms with Crippen LogP contribution in [0, 0.1) is 16.7 Å². The van der Waals surface area contributed by atoms with E-state index in [-0.39, 0.29) is 5.91 Å². The number of carbonyl (C=O) groups excluding carboxylic acids is 1. The second kappa shape index (κ2) is 6.41. The lowest BCUT2D eigenvalue weighted by Gasteiger charge is -2.22. The third-order valence-electron chi connectivity index (χ3n) is 2.70. The Bertz CT molecular complexity index is 239. The van der Waals surface area contributed by atoms with Gasteiger partial charge < -0.3 is 10.4 Å². The maximum atomic E-state index is 11.7. The van der Waals surface area contributed by atoms with Crippen molar-refractivity contribution in [3.63, 3.8) is 0 Å². The molecule has 0 aliphatic heterocycles. The van der Waals surface area contributed by atoms with Gasteiger partial charge in [-0.15, -0.1) is 0 Å². The minimum absolute atomic E-state index is 0.226.